The van der Waals surface area contributed by atoms with Gasteiger partial charge < -0.3 is 24.4 Å². The van der Waals surface area contributed by atoms with E-state index < -0.39 is 12.0 Å². The molecule has 1 aliphatic heterocycles. The van der Waals surface area contributed by atoms with Crippen molar-refractivity contribution in [2.45, 2.75) is 19.1 Å². The summed E-state index contributed by atoms with van der Waals surface area (Å²) in [4.78, 5) is 26.0. The Balaban J connectivity index is 2.65. The highest BCUT2D eigenvalue weighted by atomic mass is 16.5. The number of aliphatic carboxylic acids is 1. The van der Waals surface area contributed by atoms with E-state index >= 15 is 0 Å². The average Bonchev–Trinajstić information content (AvgIpc) is 2.37. The Hall–Kier alpha value is -1.34. The quantitative estimate of drug-likeness (QED) is 0.761. The van der Waals surface area contributed by atoms with Crippen LogP contribution in [0.1, 0.15) is 6.92 Å². The highest BCUT2D eigenvalue weighted by Gasteiger charge is 2.34. The van der Waals surface area contributed by atoms with Crippen molar-refractivity contribution in [3.63, 3.8) is 0 Å². The fourth-order valence-electron chi connectivity index (χ4n) is 1.79. The van der Waals surface area contributed by atoms with Gasteiger partial charge in [0.25, 0.3) is 0 Å². The van der Waals surface area contributed by atoms with Gasteiger partial charge in [0.05, 0.1) is 19.3 Å². The monoisotopic (exact) mass is 260 g/mol. The van der Waals surface area contributed by atoms with E-state index in [1.54, 1.807) is 14.2 Å². The van der Waals surface area contributed by atoms with Crippen molar-refractivity contribution < 1.29 is 24.2 Å². The molecule has 0 radical (unpaired) electrons. The van der Waals surface area contributed by atoms with Crippen molar-refractivity contribution in [2.75, 3.05) is 40.5 Å². The molecule has 1 aliphatic rings. The van der Waals surface area contributed by atoms with Gasteiger partial charge in [-0.15, -0.1) is 0 Å². The van der Waals surface area contributed by atoms with Crippen molar-refractivity contribution in [2.24, 2.45) is 0 Å². The molecule has 1 fully saturated rings. The zero-order valence-corrected chi connectivity index (χ0v) is 11.0. The third-order valence-electron chi connectivity index (χ3n) is 2.92. The van der Waals surface area contributed by atoms with Crippen LogP contribution in [0.3, 0.4) is 0 Å². The summed E-state index contributed by atoms with van der Waals surface area (Å²) in [6, 6.07) is -1.22. The number of ether oxygens (including phenoxy) is 2. The predicted octanol–water partition coefficient (Wildman–Crippen LogP) is -0.141. The molecule has 2 unspecified atom stereocenters. The van der Waals surface area contributed by atoms with Crippen LogP contribution < -0.4 is 0 Å². The molecule has 1 heterocycles. The molecular weight excluding hydrogens is 240 g/mol. The Morgan fingerprint density at radius 2 is 2.28 bits per heavy atom. The lowest BCUT2D eigenvalue weighted by molar-refractivity contribution is -0.147. The smallest absolute Gasteiger partial charge is 0.328 e. The van der Waals surface area contributed by atoms with Crippen LogP contribution in [-0.4, -0.2) is 79.5 Å². The van der Waals surface area contributed by atoms with Gasteiger partial charge in [-0.3, -0.25) is 0 Å². The number of carbonyl (C=O) groups excluding carboxylic acids is 1. The topological polar surface area (TPSA) is 79.3 Å². The first-order valence-electron chi connectivity index (χ1n) is 5.82. The van der Waals surface area contributed by atoms with Gasteiger partial charge >= 0.3 is 12.0 Å². The van der Waals surface area contributed by atoms with Crippen LogP contribution in [-0.2, 0) is 14.3 Å². The molecular formula is C11H20N2O5. The number of carboxylic acid groups (broad SMARTS) is 1. The molecule has 7 heteroatoms. The minimum Gasteiger partial charge on any atom is -0.480 e. The summed E-state index contributed by atoms with van der Waals surface area (Å²) < 4.78 is 10.2. The minimum absolute atomic E-state index is 0.0365. The molecule has 0 saturated carbocycles. The summed E-state index contributed by atoms with van der Waals surface area (Å²) in [5.74, 6) is -1.05. The fourth-order valence-corrected chi connectivity index (χ4v) is 1.79. The molecule has 2 atom stereocenters. The lowest BCUT2D eigenvalue weighted by atomic mass is 10.2. The highest BCUT2D eigenvalue weighted by Crippen LogP contribution is 2.10. The number of likely N-dealkylation sites (N-methyl/N-ethyl adjacent to an activating group) is 1. The van der Waals surface area contributed by atoms with Crippen molar-refractivity contribution in [3.05, 3.63) is 0 Å². The molecule has 0 aliphatic carbocycles. The van der Waals surface area contributed by atoms with Crippen LogP contribution in [0, 0.1) is 0 Å². The van der Waals surface area contributed by atoms with E-state index in [1.165, 1.54) is 9.80 Å². The maximum atomic E-state index is 12.1. The summed E-state index contributed by atoms with van der Waals surface area (Å²) in [6.45, 7) is 2.95. The van der Waals surface area contributed by atoms with E-state index in [2.05, 4.69) is 0 Å². The predicted molar refractivity (Wildman–Crippen MR) is 63.4 cm³/mol. The van der Waals surface area contributed by atoms with Gasteiger partial charge in [0, 0.05) is 27.2 Å². The standard InChI is InChI=1S/C11H20N2O5/c1-8(17-3)6-12(2)11(16)13-4-5-18-7-9(13)10(14)15/h8-9H,4-7H2,1-3H3,(H,14,15). The molecule has 0 aromatic rings. The molecule has 0 bridgehead atoms. The second-order valence-electron chi connectivity index (χ2n) is 4.33. The molecule has 2 amide bonds. The number of hydrogen-bond donors (Lipinski definition) is 1. The van der Waals surface area contributed by atoms with Gasteiger partial charge in [-0.1, -0.05) is 0 Å². The number of amides is 2. The van der Waals surface area contributed by atoms with Gasteiger partial charge in [-0.25, -0.2) is 9.59 Å². The SMILES string of the molecule is COC(C)CN(C)C(=O)N1CCOCC1C(=O)O. The van der Waals surface area contributed by atoms with Crippen LogP contribution in [0.25, 0.3) is 0 Å². The van der Waals surface area contributed by atoms with Gasteiger partial charge in [0.2, 0.25) is 0 Å². The Labute approximate surface area is 106 Å². The van der Waals surface area contributed by atoms with Crippen molar-refractivity contribution in [1.82, 2.24) is 9.80 Å². The summed E-state index contributed by atoms with van der Waals surface area (Å²) in [5, 5.41) is 9.05. The number of nitrogens with zero attached hydrogens (tertiary/aromatic N) is 2. The van der Waals surface area contributed by atoms with Crippen LogP contribution in [0.2, 0.25) is 0 Å². The number of rotatable bonds is 4. The number of morpholine rings is 1. The molecule has 7 nitrogen and oxygen atoms in total. The molecule has 1 rings (SSSR count). The average molecular weight is 260 g/mol. The van der Waals surface area contributed by atoms with Crippen molar-refractivity contribution in [1.29, 1.82) is 0 Å². The third kappa shape index (κ3) is 3.58. The largest absolute Gasteiger partial charge is 0.480 e. The summed E-state index contributed by atoms with van der Waals surface area (Å²) >= 11 is 0. The van der Waals surface area contributed by atoms with Crippen LogP contribution >= 0.6 is 0 Å². The lowest BCUT2D eigenvalue weighted by Crippen LogP contribution is -2.56. The van der Waals surface area contributed by atoms with E-state index in [0.717, 1.165) is 0 Å². The molecule has 104 valence electrons. The van der Waals surface area contributed by atoms with Gasteiger partial charge in [-0.05, 0) is 6.92 Å². The van der Waals surface area contributed by atoms with E-state index in [4.69, 9.17) is 14.6 Å². The highest BCUT2D eigenvalue weighted by molar-refractivity contribution is 5.83. The van der Waals surface area contributed by atoms with Gasteiger partial charge in [-0.2, -0.15) is 0 Å². The first-order chi connectivity index (χ1) is 8.47. The number of carboxylic acids is 1. The Morgan fingerprint density at radius 3 is 2.83 bits per heavy atom. The zero-order chi connectivity index (χ0) is 13.7. The first kappa shape index (κ1) is 14.7. The maximum absolute atomic E-state index is 12.1. The summed E-state index contributed by atoms with van der Waals surface area (Å²) in [5.41, 5.74) is 0. The molecule has 0 aromatic carbocycles. The summed E-state index contributed by atoms with van der Waals surface area (Å²) in [7, 11) is 3.20. The van der Waals surface area contributed by atoms with Crippen molar-refractivity contribution in [3.8, 4) is 0 Å². The maximum Gasteiger partial charge on any atom is 0.328 e. The molecule has 18 heavy (non-hydrogen) atoms. The van der Waals surface area contributed by atoms with E-state index in [9.17, 15) is 9.59 Å². The van der Waals surface area contributed by atoms with E-state index in [1.807, 2.05) is 6.92 Å². The number of hydrogen-bond acceptors (Lipinski definition) is 4. The van der Waals surface area contributed by atoms with E-state index in [-0.39, 0.29) is 18.7 Å². The summed E-state index contributed by atoms with van der Waals surface area (Å²) in [6.07, 6.45) is -0.0942. The van der Waals surface area contributed by atoms with Gasteiger partial charge in [0.15, 0.2) is 6.04 Å². The Morgan fingerprint density at radius 1 is 1.61 bits per heavy atom. The number of urea groups is 1. The Bertz CT molecular complexity index is 310. The van der Waals surface area contributed by atoms with E-state index in [0.29, 0.717) is 19.7 Å². The number of methoxy groups -OCH3 is 1. The van der Waals surface area contributed by atoms with Crippen LogP contribution in [0.4, 0.5) is 4.79 Å². The molecule has 0 spiro atoms. The molecule has 0 aromatic heterocycles. The normalized spacial score (nSPS) is 21.5. The Kier molecular flexibility index (Phi) is 5.36. The zero-order valence-electron chi connectivity index (χ0n) is 11.0. The molecule has 1 saturated heterocycles. The van der Waals surface area contributed by atoms with Gasteiger partial charge in [0.1, 0.15) is 0 Å². The second kappa shape index (κ2) is 6.55. The van der Waals surface area contributed by atoms with Crippen LogP contribution in [0.5, 0.6) is 0 Å². The van der Waals surface area contributed by atoms with Crippen molar-refractivity contribution >= 4 is 12.0 Å². The molecule has 1 N–H and O–H groups in total. The minimum atomic E-state index is -1.05. The first-order valence-corrected chi connectivity index (χ1v) is 5.82. The second-order valence-corrected chi connectivity index (χ2v) is 4.33. The fraction of sp³-hybridized carbons (Fsp3) is 0.818. The third-order valence-corrected chi connectivity index (χ3v) is 2.92. The van der Waals surface area contributed by atoms with Crippen LogP contribution in [0.15, 0.2) is 0 Å². The lowest BCUT2D eigenvalue weighted by Gasteiger charge is -2.36. The number of carbonyl (C=O) groups is 2.